The smallest absolute Gasteiger partial charge is 0.227 e. The molecule has 25 heavy (non-hydrogen) atoms. The third-order valence-electron chi connectivity index (χ3n) is 4.42. The number of nitrogens with two attached hydrogens (primary N) is 1. The van der Waals surface area contributed by atoms with Crippen molar-refractivity contribution in [3.05, 3.63) is 59.7 Å². The van der Waals surface area contributed by atoms with E-state index in [9.17, 15) is 4.79 Å². The minimum atomic E-state index is -0.0844. The number of morpholine rings is 1. The summed E-state index contributed by atoms with van der Waals surface area (Å²) in [7, 11) is 0. The van der Waals surface area contributed by atoms with E-state index in [1.54, 1.807) is 6.07 Å². The molecular weight excluding hydrogens is 314 g/mol. The summed E-state index contributed by atoms with van der Waals surface area (Å²) in [6.45, 7) is 5.14. The molecule has 1 amide bonds. The lowest BCUT2D eigenvalue weighted by Gasteiger charge is -2.32. The Labute approximate surface area is 148 Å². The number of nitrogens with one attached hydrogen (secondary N) is 1. The highest BCUT2D eigenvalue weighted by Crippen LogP contribution is 2.19. The van der Waals surface area contributed by atoms with E-state index in [2.05, 4.69) is 34.5 Å². The highest BCUT2D eigenvalue weighted by Gasteiger charge is 2.23. The molecule has 1 fully saturated rings. The SMILES string of the molecule is Cc1ccc(N)cc1NC(=O)CC1CN(Cc2ccccc2)CCO1. The summed E-state index contributed by atoms with van der Waals surface area (Å²) in [5, 5.41) is 2.95. The lowest BCUT2D eigenvalue weighted by Crippen LogP contribution is -2.43. The third kappa shape index (κ3) is 5.05. The molecule has 1 aliphatic heterocycles. The Morgan fingerprint density at radius 1 is 1.28 bits per heavy atom. The van der Waals surface area contributed by atoms with Gasteiger partial charge >= 0.3 is 0 Å². The second-order valence-corrected chi connectivity index (χ2v) is 6.54. The predicted molar refractivity (Wildman–Crippen MR) is 100 cm³/mol. The number of anilines is 2. The van der Waals surface area contributed by atoms with Crippen LogP contribution in [-0.4, -0.2) is 36.6 Å². The molecular formula is C20H25N3O2. The molecule has 1 atom stereocenters. The second-order valence-electron chi connectivity index (χ2n) is 6.54. The number of amides is 1. The maximum absolute atomic E-state index is 12.4. The number of aryl methyl sites for hydroxylation is 1. The summed E-state index contributed by atoms with van der Waals surface area (Å²) in [5.41, 5.74) is 9.48. The maximum Gasteiger partial charge on any atom is 0.227 e. The Morgan fingerprint density at radius 3 is 2.88 bits per heavy atom. The predicted octanol–water partition coefficient (Wildman–Crippen LogP) is 2.81. The van der Waals surface area contributed by atoms with Crippen LogP contribution in [0.1, 0.15) is 17.5 Å². The van der Waals surface area contributed by atoms with Gasteiger partial charge in [-0.1, -0.05) is 36.4 Å². The minimum absolute atomic E-state index is 0.0414. The Bertz CT molecular complexity index is 718. The van der Waals surface area contributed by atoms with Crippen LogP contribution in [0.4, 0.5) is 11.4 Å². The van der Waals surface area contributed by atoms with Crippen LogP contribution in [0.2, 0.25) is 0 Å². The second kappa shape index (κ2) is 8.14. The van der Waals surface area contributed by atoms with Crippen LogP contribution in [-0.2, 0) is 16.1 Å². The van der Waals surface area contributed by atoms with Gasteiger partial charge in [0.15, 0.2) is 0 Å². The first kappa shape index (κ1) is 17.5. The van der Waals surface area contributed by atoms with Gasteiger partial charge in [-0.15, -0.1) is 0 Å². The minimum Gasteiger partial charge on any atom is -0.399 e. The quantitative estimate of drug-likeness (QED) is 0.822. The van der Waals surface area contributed by atoms with Gasteiger partial charge in [-0.05, 0) is 30.2 Å². The van der Waals surface area contributed by atoms with Gasteiger partial charge in [0, 0.05) is 31.0 Å². The molecule has 1 aliphatic rings. The summed E-state index contributed by atoms with van der Waals surface area (Å²) in [4.78, 5) is 14.7. The van der Waals surface area contributed by atoms with E-state index in [4.69, 9.17) is 10.5 Å². The van der Waals surface area contributed by atoms with Crippen molar-refractivity contribution in [1.82, 2.24) is 4.90 Å². The Morgan fingerprint density at radius 2 is 2.08 bits per heavy atom. The van der Waals surface area contributed by atoms with Gasteiger partial charge in [0.1, 0.15) is 0 Å². The number of hydrogen-bond acceptors (Lipinski definition) is 4. The van der Waals surface area contributed by atoms with Crippen LogP contribution in [0.15, 0.2) is 48.5 Å². The number of carbonyl (C=O) groups is 1. The fourth-order valence-electron chi connectivity index (χ4n) is 3.07. The van der Waals surface area contributed by atoms with Gasteiger partial charge in [-0.2, -0.15) is 0 Å². The van der Waals surface area contributed by atoms with Crippen molar-refractivity contribution in [2.75, 3.05) is 30.7 Å². The maximum atomic E-state index is 12.4. The molecule has 0 saturated carbocycles. The summed E-state index contributed by atoms with van der Waals surface area (Å²) < 4.78 is 5.78. The van der Waals surface area contributed by atoms with Crippen molar-refractivity contribution in [1.29, 1.82) is 0 Å². The first-order chi connectivity index (χ1) is 12.1. The van der Waals surface area contributed by atoms with Crippen LogP contribution >= 0.6 is 0 Å². The summed E-state index contributed by atoms with van der Waals surface area (Å²) >= 11 is 0. The van der Waals surface area contributed by atoms with Crippen LogP contribution in [0, 0.1) is 6.92 Å². The molecule has 1 heterocycles. The van der Waals surface area contributed by atoms with E-state index >= 15 is 0 Å². The molecule has 1 saturated heterocycles. The normalized spacial score (nSPS) is 18.0. The Balaban J connectivity index is 1.53. The van der Waals surface area contributed by atoms with Gasteiger partial charge in [0.25, 0.3) is 0 Å². The molecule has 0 bridgehead atoms. The molecule has 1 unspecified atom stereocenters. The first-order valence-electron chi connectivity index (χ1n) is 8.64. The number of nitrogen functional groups attached to an aromatic ring is 1. The molecule has 2 aromatic carbocycles. The molecule has 5 heteroatoms. The van der Waals surface area contributed by atoms with Gasteiger partial charge < -0.3 is 15.8 Å². The standard InChI is InChI=1S/C20H25N3O2/c1-15-7-8-17(21)11-19(15)22-20(24)12-18-14-23(9-10-25-18)13-16-5-3-2-4-6-16/h2-8,11,18H,9-10,12-14,21H2,1H3,(H,22,24). The highest BCUT2D eigenvalue weighted by molar-refractivity contribution is 5.92. The van der Waals surface area contributed by atoms with Crippen LogP contribution in [0.3, 0.4) is 0 Å². The van der Waals surface area contributed by atoms with Crippen molar-refractivity contribution >= 4 is 17.3 Å². The molecule has 0 aromatic heterocycles. The fourth-order valence-corrected chi connectivity index (χ4v) is 3.07. The zero-order valence-corrected chi connectivity index (χ0v) is 14.6. The van der Waals surface area contributed by atoms with Crippen molar-refractivity contribution in [3.63, 3.8) is 0 Å². The van der Waals surface area contributed by atoms with E-state index in [1.807, 2.05) is 25.1 Å². The number of nitrogens with zero attached hydrogens (tertiary/aromatic N) is 1. The molecule has 3 N–H and O–H groups in total. The third-order valence-corrected chi connectivity index (χ3v) is 4.42. The largest absolute Gasteiger partial charge is 0.399 e. The van der Waals surface area contributed by atoms with Crippen LogP contribution in [0.5, 0.6) is 0 Å². The summed E-state index contributed by atoms with van der Waals surface area (Å²) in [6, 6.07) is 15.9. The number of ether oxygens (including phenoxy) is 1. The van der Waals surface area contributed by atoms with E-state index in [-0.39, 0.29) is 12.0 Å². The van der Waals surface area contributed by atoms with E-state index in [1.165, 1.54) is 5.56 Å². The average molecular weight is 339 g/mol. The molecule has 0 aliphatic carbocycles. The topological polar surface area (TPSA) is 67.6 Å². The Kier molecular flexibility index (Phi) is 5.68. The van der Waals surface area contributed by atoms with Gasteiger partial charge in [-0.25, -0.2) is 0 Å². The molecule has 5 nitrogen and oxygen atoms in total. The lowest BCUT2D eigenvalue weighted by molar-refractivity contribution is -0.121. The molecule has 3 rings (SSSR count). The lowest BCUT2D eigenvalue weighted by atomic mass is 10.1. The summed E-state index contributed by atoms with van der Waals surface area (Å²) in [6.07, 6.45) is 0.262. The molecule has 0 radical (unpaired) electrons. The average Bonchev–Trinajstić information content (AvgIpc) is 2.59. The Hall–Kier alpha value is -2.37. The van der Waals surface area contributed by atoms with Gasteiger partial charge in [0.2, 0.25) is 5.91 Å². The summed E-state index contributed by atoms with van der Waals surface area (Å²) in [5.74, 6) is -0.0414. The number of benzene rings is 2. The molecule has 132 valence electrons. The highest BCUT2D eigenvalue weighted by atomic mass is 16.5. The number of rotatable bonds is 5. The van der Waals surface area contributed by atoms with Crippen LogP contribution < -0.4 is 11.1 Å². The van der Waals surface area contributed by atoms with Gasteiger partial charge in [0.05, 0.1) is 19.1 Å². The van der Waals surface area contributed by atoms with Crippen molar-refractivity contribution in [2.24, 2.45) is 0 Å². The zero-order valence-electron chi connectivity index (χ0n) is 14.6. The fraction of sp³-hybridized carbons (Fsp3) is 0.350. The van der Waals surface area contributed by atoms with Gasteiger partial charge in [-0.3, -0.25) is 9.69 Å². The number of carbonyl (C=O) groups excluding carboxylic acids is 1. The molecule has 2 aromatic rings. The van der Waals surface area contributed by atoms with Crippen molar-refractivity contribution in [2.45, 2.75) is 26.0 Å². The monoisotopic (exact) mass is 339 g/mol. The zero-order chi connectivity index (χ0) is 17.6. The van der Waals surface area contributed by atoms with E-state index in [0.29, 0.717) is 18.7 Å². The van der Waals surface area contributed by atoms with E-state index in [0.717, 1.165) is 30.9 Å². The number of hydrogen-bond donors (Lipinski definition) is 2. The first-order valence-corrected chi connectivity index (χ1v) is 8.64. The van der Waals surface area contributed by atoms with E-state index < -0.39 is 0 Å². The van der Waals surface area contributed by atoms with Crippen molar-refractivity contribution in [3.8, 4) is 0 Å². The van der Waals surface area contributed by atoms with Crippen LogP contribution in [0.25, 0.3) is 0 Å². The van der Waals surface area contributed by atoms with Crippen molar-refractivity contribution < 1.29 is 9.53 Å². The molecule has 0 spiro atoms.